The van der Waals surface area contributed by atoms with Crippen LogP contribution in [0.1, 0.15) is 37.2 Å². The Morgan fingerprint density at radius 3 is 2.86 bits per heavy atom. The van der Waals surface area contributed by atoms with Gasteiger partial charge in [-0.2, -0.15) is 0 Å². The van der Waals surface area contributed by atoms with Gasteiger partial charge >= 0.3 is 0 Å². The van der Waals surface area contributed by atoms with Crippen molar-refractivity contribution < 1.29 is 9.32 Å². The van der Waals surface area contributed by atoms with E-state index in [2.05, 4.69) is 24.1 Å². The van der Waals surface area contributed by atoms with Gasteiger partial charge in [-0.3, -0.25) is 14.5 Å². The molecule has 1 saturated heterocycles. The Hall–Kier alpha value is -1.40. The van der Waals surface area contributed by atoms with Crippen LogP contribution in [0.5, 0.6) is 0 Å². The van der Waals surface area contributed by atoms with Crippen molar-refractivity contribution >= 4 is 5.91 Å². The SMILES string of the molecule is Cc1cc(=O)n(C(=O)CN(CC(C)C)CC2CCCN2)o1. The zero-order chi connectivity index (χ0) is 15.4. The smallest absolute Gasteiger partial charge is 0.290 e. The summed E-state index contributed by atoms with van der Waals surface area (Å²) in [6, 6.07) is 1.77. The molecule has 1 atom stereocenters. The number of aryl methyl sites for hydroxylation is 1. The zero-order valence-electron chi connectivity index (χ0n) is 13.1. The molecule has 6 nitrogen and oxygen atoms in total. The lowest BCUT2D eigenvalue weighted by Crippen LogP contribution is -2.43. The fraction of sp³-hybridized carbons (Fsp3) is 0.733. The minimum Gasteiger partial charge on any atom is -0.373 e. The zero-order valence-corrected chi connectivity index (χ0v) is 13.1. The Balaban J connectivity index is 2.01. The highest BCUT2D eigenvalue weighted by Gasteiger charge is 2.22. The summed E-state index contributed by atoms with van der Waals surface area (Å²) >= 11 is 0. The van der Waals surface area contributed by atoms with E-state index >= 15 is 0 Å². The maximum atomic E-state index is 12.3. The van der Waals surface area contributed by atoms with E-state index in [-0.39, 0.29) is 18.0 Å². The van der Waals surface area contributed by atoms with Crippen LogP contribution in [0.3, 0.4) is 0 Å². The number of hydrogen-bond donors (Lipinski definition) is 1. The van der Waals surface area contributed by atoms with E-state index in [1.807, 2.05) is 0 Å². The second-order valence-electron chi connectivity index (χ2n) is 6.25. The van der Waals surface area contributed by atoms with Crippen LogP contribution in [-0.2, 0) is 0 Å². The summed E-state index contributed by atoms with van der Waals surface area (Å²) in [6.45, 7) is 8.84. The summed E-state index contributed by atoms with van der Waals surface area (Å²) in [6.07, 6.45) is 2.33. The summed E-state index contributed by atoms with van der Waals surface area (Å²) in [5.74, 6) is 0.627. The fourth-order valence-electron chi connectivity index (χ4n) is 2.82. The summed E-state index contributed by atoms with van der Waals surface area (Å²) in [4.78, 5) is 26.0. The minimum absolute atomic E-state index is 0.212. The maximum Gasteiger partial charge on any atom is 0.290 e. The highest BCUT2D eigenvalue weighted by atomic mass is 16.5. The van der Waals surface area contributed by atoms with Gasteiger partial charge in [-0.05, 0) is 32.2 Å². The van der Waals surface area contributed by atoms with Gasteiger partial charge in [0.2, 0.25) is 0 Å². The molecule has 0 aromatic carbocycles. The highest BCUT2D eigenvalue weighted by Crippen LogP contribution is 2.09. The molecule has 0 bridgehead atoms. The molecule has 6 heteroatoms. The van der Waals surface area contributed by atoms with Gasteiger partial charge in [-0.15, -0.1) is 4.74 Å². The number of carbonyl (C=O) groups excluding carboxylic acids is 1. The Bertz CT molecular complexity index is 527. The first kappa shape index (κ1) is 16.0. The van der Waals surface area contributed by atoms with Gasteiger partial charge in [0.25, 0.3) is 11.5 Å². The molecule has 0 saturated carbocycles. The lowest BCUT2D eigenvalue weighted by molar-refractivity contribution is 0.0700. The van der Waals surface area contributed by atoms with Crippen LogP contribution >= 0.6 is 0 Å². The van der Waals surface area contributed by atoms with E-state index in [0.717, 1.165) is 30.8 Å². The molecule has 1 aliphatic heterocycles. The molecule has 1 fully saturated rings. The van der Waals surface area contributed by atoms with Crippen molar-refractivity contribution in [3.05, 3.63) is 22.2 Å². The lowest BCUT2D eigenvalue weighted by atomic mass is 10.1. The standard InChI is InChI=1S/C15H25N3O3/c1-11(2)8-17(9-13-5-4-6-16-13)10-15(20)18-14(19)7-12(3)21-18/h7,11,13,16H,4-6,8-10H2,1-3H3. The molecule has 2 heterocycles. The average molecular weight is 295 g/mol. The van der Waals surface area contributed by atoms with Gasteiger partial charge in [-0.25, -0.2) is 0 Å². The first-order valence-electron chi connectivity index (χ1n) is 7.64. The highest BCUT2D eigenvalue weighted by molar-refractivity contribution is 5.79. The third-order valence-corrected chi connectivity index (χ3v) is 3.61. The van der Waals surface area contributed by atoms with Crippen LogP contribution < -0.4 is 10.9 Å². The van der Waals surface area contributed by atoms with Gasteiger partial charge in [0.15, 0.2) is 0 Å². The number of nitrogens with zero attached hydrogens (tertiary/aromatic N) is 2. The van der Waals surface area contributed by atoms with Crippen molar-refractivity contribution in [1.82, 2.24) is 15.0 Å². The molecular formula is C15H25N3O3. The first-order chi connectivity index (χ1) is 9.95. The van der Waals surface area contributed by atoms with E-state index in [1.54, 1.807) is 6.92 Å². The Morgan fingerprint density at radius 1 is 1.57 bits per heavy atom. The monoisotopic (exact) mass is 295 g/mol. The largest absolute Gasteiger partial charge is 0.373 e. The Morgan fingerprint density at radius 2 is 2.33 bits per heavy atom. The van der Waals surface area contributed by atoms with Crippen LogP contribution in [0.4, 0.5) is 0 Å². The van der Waals surface area contributed by atoms with Crippen molar-refractivity contribution in [1.29, 1.82) is 0 Å². The van der Waals surface area contributed by atoms with Crippen LogP contribution in [0.15, 0.2) is 15.4 Å². The topological polar surface area (TPSA) is 67.5 Å². The van der Waals surface area contributed by atoms with E-state index < -0.39 is 0 Å². The normalized spacial score (nSPS) is 18.8. The molecule has 118 valence electrons. The number of nitrogens with one attached hydrogen (secondary N) is 1. The molecule has 1 aromatic rings. The van der Waals surface area contributed by atoms with Crippen molar-refractivity contribution in [3.8, 4) is 0 Å². The predicted molar refractivity (Wildman–Crippen MR) is 80.6 cm³/mol. The molecule has 1 aliphatic rings. The van der Waals surface area contributed by atoms with Crippen molar-refractivity contribution in [3.63, 3.8) is 0 Å². The predicted octanol–water partition coefficient (Wildman–Crippen LogP) is 1.10. The van der Waals surface area contributed by atoms with Gasteiger partial charge in [0.05, 0.1) is 6.54 Å². The number of aromatic nitrogens is 1. The molecule has 0 radical (unpaired) electrons. The molecule has 1 unspecified atom stereocenters. The van der Waals surface area contributed by atoms with Gasteiger partial charge < -0.3 is 9.84 Å². The number of rotatable bonds is 6. The van der Waals surface area contributed by atoms with Crippen molar-refractivity contribution in [2.75, 3.05) is 26.2 Å². The van der Waals surface area contributed by atoms with Crippen molar-refractivity contribution in [2.24, 2.45) is 5.92 Å². The van der Waals surface area contributed by atoms with E-state index in [9.17, 15) is 9.59 Å². The maximum absolute atomic E-state index is 12.3. The summed E-state index contributed by atoms with van der Waals surface area (Å²) in [7, 11) is 0. The van der Waals surface area contributed by atoms with E-state index in [1.165, 1.54) is 12.5 Å². The van der Waals surface area contributed by atoms with Crippen LogP contribution in [0.25, 0.3) is 0 Å². The third kappa shape index (κ3) is 4.54. The average Bonchev–Trinajstić information content (AvgIpc) is 2.98. The lowest BCUT2D eigenvalue weighted by Gasteiger charge is -2.26. The van der Waals surface area contributed by atoms with Crippen LogP contribution in [0, 0.1) is 12.8 Å². The fourth-order valence-corrected chi connectivity index (χ4v) is 2.82. The van der Waals surface area contributed by atoms with E-state index in [4.69, 9.17) is 4.52 Å². The van der Waals surface area contributed by atoms with Crippen molar-refractivity contribution in [2.45, 2.75) is 39.7 Å². The van der Waals surface area contributed by atoms with Crippen LogP contribution in [-0.4, -0.2) is 47.8 Å². The number of carbonyl (C=O) groups is 1. The first-order valence-corrected chi connectivity index (χ1v) is 7.64. The second-order valence-corrected chi connectivity index (χ2v) is 6.25. The summed E-state index contributed by atoms with van der Waals surface area (Å²) in [5, 5.41) is 3.44. The molecule has 1 N–H and O–H groups in total. The molecule has 1 aromatic heterocycles. The minimum atomic E-state index is -0.388. The molecular weight excluding hydrogens is 270 g/mol. The molecule has 2 rings (SSSR count). The summed E-state index contributed by atoms with van der Waals surface area (Å²) < 4.78 is 6.03. The van der Waals surface area contributed by atoms with Gasteiger partial charge in [0, 0.05) is 25.2 Å². The summed E-state index contributed by atoms with van der Waals surface area (Å²) in [5.41, 5.74) is -0.388. The molecule has 0 aliphatic carbocycles. The Labute approximate surface area is 125 Å². The molecule has 21 heavy (non-hydrogen) atoms. The second kappa shape index (κ2) is 7.04. The molecule has 0 spiro atoms. The molecule has 0 amide bonds. The van der Waals surface area contributed by atoms with Crippen LogP contribution in [0.2, 0.25) is 0 Å². The van der Waals surface area contributed by atoms with Gasteiger partial charge in [-0.1, -0.05) is 13.8 Å². The third-order valence-electron chi connectivity index (χ3n) is 3.61. The van der Waals surface area contributed by atoms with Gasteiger partial charge in [0.1, 0.15) is 5.76 Å². The quantitative estimate of drug-likeness (QED) is 0.851. The Kier molecular flexibility index (Phi) is 5.36. The number of hydrogen-bond acceptors (Lipinski definition) is 5. The van der Waals surface area contributed by atoms with E-state index in [0.29, 0.717) is 17.7 Å².